The van der Waals surface area contributed by atoms with Gasteiger partial charge in [-0.05, 0) is 43.5 Å². The zero-order chi connectivity index (χ0) is 22.4. The minimum absolute atomic E-state index is 0.0481. The fourth-order valence-corrected chi connectivity index (χ4v) is 4.57. The molecular weight excluding hydrogens is 390 g/mol. The summed E-state index contributed by atoms with van der Waals surface area (Å²) in [6.07, 6.45) is 1.87. The molecule has 1 unspecified atom stereocenters. The van der Waals surface area contributed by atoms with E-state index in [0.717, 1.165) is 37.4 Å². The first-order valence-corrected chi connectivity index (χ1v) is 11.2. The van der Waals surface area contributed by atoms with Crippen molar-refractivity contribution in [2.75, 3.05) is 27.3 Å². The highest BCUT2D eigenvalue weighted by Gasteiger charge is 2.37. The van der Waals surface area contributed by atoms with Crippen LogP contribution in [0, 0.1) is 6.92 Å². The summed E-state index contributed by atoms with van der Waals surface area (Å²) in [5.41, 5.74) is 5.12. The van der Waals surface area contributed by atoms with Crippen molar-refractivity contribution in [3.8, 4) is 11.5 Å². The summed E-state index contributed by atoms with van der Waals surface area (Å²) in [7, 11) is 3.34. The van der Waals surface area contributed by atoms with E-state index in [9.17, 15) is 4.79 Å². The number of carbonyl (C=O) groups excluding carboxylic acids is 1. The normalized spacial score (nSPS) is 18.6. The summed E-state index contributed by atoms with van der Waals surface area (Å²) in [4.78, 5) is 13.9. The van der Waals surface area contributed by atoms with Gasteiger partial charge in [-0.3, -0.25) is 0 Å². The van der Waals surface area contributed by atoms with Crippen LogP contribution in [0.3, 0.4) is 0 Å². The number of methoxy groups -OCH3 is 2. The molecule has 6 heteroatoms. The highest BCUT2D eigenvalue weighted by Crippen LogP contribution is 2.35. The van der Waals surface area contributed by atoms with E-state index in [-0.39, 0.29) is 18.1 Å². The summed E-state index contributed by atoms with van der Waals surface area (Å²) in [5, 5.41) is 6.12. The molecule has 3 atom stereocenters. The molecular formula is C25H36N3O3+. The number of rotatable bonds is 8. The minimum Gasteiger partial charge on any atom is -0.493 e. The minimum atomic E-state index is -0.114. The molecule has 0 spiro atoms. The van der Waals surface area contributed by atoms with Gasteiger partial charge in [-0.2, -0.15) is 0 Å². The van der Waals surface area contributed by atoms with Gasteiger partial charge < -0.3 is 25.0 Å². The molecule has 1 aliphatic heterocycles. The predicted octanol–water partition coefficient (Wildman–Crippen LogP) is 2.79. The first kappa shape index (κ1) is 22.9. The van der Waals surface area contributed by atoms with Gasteiger partial charge in [0.15, 0.2) is 11.5 Å². The number of urea groups is 1. The van der Waals surface area contributed by atoms with Gasteiger partial charge in [-0.1, -0.05) is 31.2 Å². The fourth-order valence-electron chi connectivity index (χ4n) is 4.57. The van der Waals surface area contributed by atoms with E-state index in [1.165, 1.54) is 27.2 Å². The molecule has 2 amide bonds. The first-order chi connectivity index (χ1) is 15.0. The van der Waals surface area contributed by atoms with E-state index in [0.29, 0.717) is 6.54 Å². The number of amides is 2. The number of hydrogen-bond donors (Lipinski definition) is 3. The van der Waals surface area contributed by atoms with Crippen molar-refractivity contribution in [2.24, 2.45) is 0 Å². The second-order valence-electron chi connectivity index (χ2n) is 8.33. The van der Waals surface area contributed by atoms with Gasteiger partial charge in [-0.15, -0.1) is 0 Å². The van der Waals surface area contributed by atoms with Crippen LogP contribution in [0.2, 0.25) is 0 Å². The summed E-state index contributed by atoms with van der Waals surface area (Å²) in [6, 6.07) is 12.7. The van der Waals surface area contributed by atoms with Crippen LogP contribution >= 0.6 is 0 Å². The highest BCUT2D eigenvalue weighted by atomic mass is 16.5. The van der Waals surface area contributed by atoms with Crippen molar-refractivity contribution in [3.05, 3.63) is 58.7 Å². The Morgan fingerprint density at radius 2 is 1.90 bits per heavy atom. The lowest BCUT2D eigenvalue weighted by molar-refractivity contribution is -0.948. The van der Waals surface area contributed by atoms with Crippen LogP contribution in [-0.2, 0) is 13.0 Å². The van der Waals surface area contributed by atoms with Crippen molar-refractivity contribution in [3.63, 3.8) is 0 Å². The first-order valence-electron chi connectivity index (χ1n) is 11.2. The second kappa shape index (κ2) is 10.5. The Balaban J connectivity index is 1.95. The molecule has 1 aliphatic rings. The quantitative estimate of drug-likeness (QED) is 0.608. The van der Waals surface area contributed by atoms with Crippen molar-refractivity contribution in [2.45, 2.75) is 52.2 Å². The number of hydrogen-bond acceptors (Lipinski definition) is 3. The van der Waals surface area contributed by atoms with Crippen LogP contribution in [0.5, 0.6) is 11.5 Å². The van der Waals surface area contributed by atoms with Crippen LogP contribution in [0.4, 0.5) is 4.79 Å². The summed E-state index contributed by atoms with van der Waals surface area (Å²) < 4.78 is 11.1. The van der Waals surface area contributed by atoms with Crippen LogP contribution in [0.15, 0.2) is 36.4 Å². The molecule has 3 rings (SSSR count). The van der Waals surface area contributed by atoms with Crippen molar-refractivity contribution in [1.82, 2.24) is 10.6 Å². The van der Waals surface area contributed by atoms with Crippen LogP contribution in [0.25, 0.3) is 0 Å². The van der Waals surface area contributed by atoms with Gasteiger partial charge in [0.1, 0.15) is 12.6 Å². The Morgan fingerprint density at radius 3 is 2.58 bits per heavy atom. The lowest BCUT2D eigenvalue weighted by Crippen LogP contribution is -3.13. The average molecular weight is 427 g/mol. The number of nitrogens with one attached hydrogen (secondary N) is 3. The van der Waals surface area contributed by atoms with Gasteiger partial charge >= 0.3 is 6.03 Å². The van der Waals surface area contributed by atoms with E-state index in [1.807, 2.05) is 0 Å². The Hall–Kier alpha value is -2.73. The maximum Gasteiger partial charge on any atom is 0.315 e. The number of benzene rings is 2. The van der Waals surface area contributed by atoms with Crippen LogP contribution < -0.4 is 25.0 Å². The molecule has 6 nitrogen and oxygen atoms in total. The molecule has 0 fully saturated rings. The van der Waals surface area contributed by atoms with Crippen LogP contribution in [0.1, 0.15) is 48.6 Å². The Kier molecular flexibility index (Phi) is 7.80. The maximum atomic E-state index is 12.4. The van der Waals surface area contributed by atoms with E-state index in [2.05, 4.69) is 67.8 Å². The van der Waals surface area contributed by atoms with Crippen molar-refractivity contribution >= 4 is 6.03 Å². The maximum absolute atomic E-state index is 12.4. The molecule has 0 aromatic heterocycles. The Bertz CT molecular complexity index is 900. The van der Waals surface area contributed by atoms with Gasteiger partial charge in [0.2, 0.25) is 0 Å². The SMILES string of the molecule is CCCNC(=O)N[C@H](C)[C@H]1c2cc(OC)c(OC)cc2CC[NH+]1Cc1ccccc1C. The third kappa shape index (κ3) is 5.31. The molecule has 31 heavy (non-hydrogen) atoms. The molecule has 2 aromatic carbocycles. The topological polar surface area (TPSA) is 64.0 Å². The standard InChI is InChI=1S/C25H35N3O3/c1-6-12-26-25(29)27-18(3)24-21-15-23(31-5)22(30-4)14-19(21)11-13-28(24)16-20-10-8-7-9-17(20)2/h7-10,14-15,18,24H,6,11-13,16H2,1-5H3,(H2,26,27,29)/p+1/t18-,24+/m1/s1. The number of quaternary nitrogens is 1. The molecule has 0 aliphatic carbocycles. The summed E-state index contributed by atoms with van der Waals surface area (Å²) >= 11 is 0. The number of ether oxygens (including phenoxy) is 2. The molecule has 3 N–H and O–H groups in total. The molecule has 0 bridgehead atoms. The monoisotopic (exact) mass is 426 g/mol. The molecule has 0 saturated carbocycles. The van der Waals surface area contributed by atoms with Gasteiger partial charge in [-0.25, -0.2) is 4.79 Å². The Morgan fingerprint density at radius 1 is 1.19 bits per heavy atom. The van der Waals surface area contributed by atoms with Gasteiger partial charge in [0.25, 0.3) is 0 Å². The molecule has 0 saturated heterocycles. The summed E-state index contributed by atoms with van der Waals surface area (Å²) in [6.45, 7) is 8.88. The predicted molar refractivity (Wildman–Crippen MR) is 123 cm³/mol. The fraction of sp³-hybridized carbons (Fsp3) is 0.480. The second-order valence-corrected chi connectivity index (χ2v) is 8.33. The van der Waals surface area contributed by atoms with E-state index < -0.39 is 0 Å². The van der Waals surface area contributed by atoms with Crippen molar-refractivity contribution in [1.29, 1.82) is 0 Å². The van der Waals surface area contributed by atoms with E-state index in [4.69, 9.17) is 9.47 Å². The van der Waals surface area contributed by atoms with Crippen molar-refractivity contribution < 1.29 is 19.2 Å². The zero-order valence-electron chi connectivity index (χ0n) is 19.4. The van der Waals surface area contributed by atoms with Gasteiger partial charge in [0, 0.05) is 24.1 Å². The third-order valence-corrected chi connectivity index (χ3v) is 6.21. The zero-order valence-corrected chi connectivity index (χ0v) is 19.4. The lowest BCUT2D eigenvalue weighted by atomic mass is 9.87. The van der Waals surface area contributed by atoms with E-state index in [1.54, 1.807) is 14.2 Å². The molecule has 0 radical (unpaired) electrons. The number of carbonyl (C=O) groups is 1. The lowest BCUT2D eigenvalue weighted by Gasteiger charge is -2.38. The number of aryl methyl sites for hydroxylation is 1. The van der Waals surface area contributed by atoms with Crippen LogP contribution in [-0.4, -0.2) is 39.4 Å². The smallest absolute Gasteiger partial charge is 0.315 e. The average Bonchev–Trinajstić information content (AvgIpc) is 2.77. The third-order valence-electron chi connectivity index (χ3n) is 6.21. The van der Waals surface area contributed by atoms with Gasteiger partial charge in [0.05, 0.1) is 26.8 Å². The number of fused-ring (bicyclic) bond motifs is 1. The van der Waals surface area contributed by atoms with E-state index >= 15 is 0 Å². The Labute approximate surface area is 185 Å². The molecule has 2 aromatic rings. The summed E-state index contributed by atoms with van der Waals surface area (Å²) in [5.74, 6) is 1.48. The molecule has 168 valence electrons. The molecule has 1 heterocycles. The highest BCUT2D eigenvalue weighted by molar-refractivity contribution is 5.74. The largest absolute Gasteiger partial charge is 0.493 e.